The number of ether oxygens (including phenoxy) is 6. The van der Waals surface area contributed by atoms with Crippen molar-refractivity contribution in [3.05, 3.63) is 53.1 Å². The third-order valence-electron chi connectivity index (χ3n) is 36.5. The quantitative estimate of drug-likeness (QED) is 0.0276. The zero-order chi connectivity index (χ0) is 80.7. The lowest BCUT2D eigenvalue weighted by atomic mass is 9.47. The molecular formula is C105H168O9. The first kappa shape index (κ1) is 88.0. The average molecular weight is 1570 g/mol. The fourth-order valence-electron chi connectivity index (χ4n) is 30.0. The summed E-state index contributed by atoms with van der Waals surface area (Å²) in [6.45, 7) is 39.3. The van der Waals surface area contributed by atoms with Gasteiger partial charge in [-0.05, 0) is 344 Å². The van der Waals surface area contributed by atoms with E-state index in [1.807, 2.05) is 18.2 Å². The number of benzene rings is 1. The fourth-order valence-corrected chi connectivity index (χ4v) is 30.0. The van der Waals surface area contributed by atoms with Crippen LogP contribution in [0.15, 0.2) is 53.1 Å². The van der Waals surface area contributed by atoms with Gasteiger partial charge in [0.15, 0.2) is 11.5 Å². The molecule has 0 radical (unpaired) electrons. The van der Waals surface area contributed by atoms with Crippen LogP contribution in [0.5, 0.6) is 17.2 Å². The minimum absolute atomic E-state index is 0.0143. The molecule has 0 aromatic heterocycles. The topological polar surface area (TPSA) is 107 Å². The number of unbranched alkanes of at least 4 members (excludes halogenated alkanes) is 6. The third kappa shape index (κ3) is 19.4. The predicted octanol–water partition coefficient (Wildman–Crippen LogP) is 28.4. The van der Waals surface area contributed by atoms with Gasteiger partial charge in [0.2, 0.25) is 5.75 Å². The molecule has 1 aromatic carbocycles. The summed E-state index contributed by atoms with van der Waals surface area (Å²) in [5.41, 5.74) is 6.93. The van der Waals surface area contributed by atoms with Gasteiger partial charge in [0.25, 0.3) is 0 Å². The molecule has 0 amide bonds. The molecule has 0 heterocycles. The van der Waals surface area contributed by atoms with Crippen LogP contribution in [0.25, 0.3) is 0 Å². The van der Waals surface area contributed by atoms with Gasteiger partial charge in [-0.25, -0.2) is 0 Å². The van der Waals surface area contributed by atoms with E-state index in [2.05, 4.69) is 122 Å². The molecule has 24 atom stereocenters. The average Bonchev–Trinajstić information content (AvgIpc) is 1.39. The first-order valence-electron chi connectivity index (χ1n) is 49.3. The highest BCUT2D eigenvalue weighted by molar-refractivity contribution is 5.70. The van der Waals surface area contributed by atoms with Gasteiger partial charge >= 0.3 is 17.9 Å². The summed E-state index contributed by atoms with van der Waals surface area (Å²) in [4.78, 5) is 40.7. The Morgan fingerprint density at radius 1 is 0.342 bits per heavy atom. The van der Waals surface area contributed by atoms with E-state index in [9.17, 15) is 14.4 Å². The molecule has 0 aliphatic heterocycles. The van der Waals surface area contributed by atoms with Gasteiger partial charge < -0.3 is 28.4 Å². The van der Waals surface area contributed by atoms with E-state index in [4.69, 9.17) is 28.4 Å². The molecule has 9 fully saturated rings. The summed E-state index contributed by atoms with van der Waals surface area (Å²) < 4.78 is 38.7. The fraction of sp³-hybridized carbons (Fsp3) is 0.857. The normalized spacial score (nSPS) is 37.4. The van der Waals surface area contributed by atoms with Crippen LogP contribution >= 0.6 is 0 Å². The third-order valence-corrected chi connectivity index (χ3v) is 36.5. The second-order valence-corrected chi connectivity index (χ2v) is 44.5. The van der Waals surface area contributed by atoms with Gasteiger partial charge in [0.1, 0.15) is 18.3 Å². The van der Waals surface area contributed by atoms with Crippen molar-refractivity contribution in [2.45, 2.75) is 411 Å². The Labute approximate surface area is 697 Å². The number of hydrogen-bond acceptors (Lipinski definition) is 9. The van der Waals surface area contributed by atoms with Gasteiger partial charge in [-0.15, -0.1) is 0 Å². The van der Waals surface area contributed by atoms with Crippen LogP contribution in [0.1, 0.15) is 393 Å². The highest BCUT2D eigenvalue weighted by Crippen LogP contribution is 2.71. The zero-order valence-corrected chi connectivity index (χ0v) is 75.7. The van der Waals surface area contributed by atoms with Crippen LogP contribution in [0, 0.1) is 139 Å². The second-order valence-electron chi connectivity index (χ2n) is 44.5. The van der Waals surface area contributed by atoms with E-state index in [1.165, 1.54) is 154 Å². The summed E-state index contributed by atoms with van der Waals surface area (Å²) in [7, 11) is 0. The molecule has 13 rings (SSSR count). The Balaban J connectivity index is 0.550. The number of para-hydroxylation sites is 1. The Hall–Kier alpha value is -3.75. The molecule has 642 valence electrons. The Bertz CT molecular complexity index is 3260. The molecule has 0 bridgehead atoms. The van der Waals surface area contributed by atoms with Crippen LogP contribution in [0.2, 0.25) is 0 Å². The maximum Gasteiger partial charge on any atom is 0.306 e. The molecule has 0 spiro atoms. The molecular weight excluding hydrogens is 1410 g/mol. The van der Waals surface area contributed by atoms with Crippen molar-refractivity contribution in [2.75, 3.05) is 19.8 Å². The first-order valence-corrected chi connectivity index (χ1v) is 49.3. The number of fused-ring (bicyclic) bond motifs is 15. The van der Waals surface area contributed by atoms with Crippen molar-refractivity contribution in [1.29, 1.82) is 0 Å². The molecule has 1 aromatic rings. The molecule has 0 unspecified atom stereocenters. The minimum Gasteiger partial charge on any atom is -0.490 e. The molecule has 9 heteroatoms. The van der Waals surface area contributed by atoms with Crippen molar-refractivity contribution in [1.82, 2.24) is 0 Å². The first-order chi connectivity index (χ1) is 54.6. The van der Waals surface area contributed by atoms with Crippen LogP contribution in [0.4, 0.5) is 0 Å². The van der Waals surface area contributed by atoms with Crippen molar-refractivity contribution in [3.8, 4) is 17.2 Å². The number of carbonyl (C=O) groups excluding carboxylic acids is 3. The summed E-state index contributed by atoms with van der Waals surface area (Å²) in [6, 6.07) is 5.94. The summed E-state index contributed by atoms with van der Waals surface area (Å²) >= 11 is 0. The largest absolute Gasteiger partial charge is 0.490 e. The molecule has 12 aliphatic carbocycles. The second kappa shape index (κ2) is 38.5. The van der Waals surface area contributed by atoms with Crippen molar-refractivity contribution >= 4 is 17.9 Å². The van der Waals surface area contributed by atoms with E-state index < -0.39 is 0 Å². The number of carbonyl (C=O) groups is 3. The number of rotatable bonds is 39. The van der Waals surface area contributed by atoms with E-state index in [0.717, 1.165) is 222 Å². The lowest BCUT2D eigenvalue weighted by Crippen LogP contribution is -2.51. The SMILES string of the molecule is CC(C)CCC[C@@H](C)[C@H]1CC[C@H]2[C@@H]3CC=C4C[C@@H](OC(=O)CCCCCOc5cccc(OCCCCCC(=O)O[C@H]6CC[C@@]7(C)C(=CC[C@H]8[C@@H]9CC[C@H]([C@H](C)CCCC(C)C)[C@@]9(C)CC[C@@H]87)C6)c5OCCCCCC(=O)O[C@H]5CC[C@@]6(C)C(=CC[C@H]7[C@@H]8CC[C@H]([C@H](C)CCCC(C)C)[C@@]8(C)CC[C@@H]76)C5)CC[C@]4(C)[C@H]3CC[C@]12C. The summed E-state index contributed by atoms with van der Waals surface area (Å²) in [5.74, 6) is 16.5. The van der Waals surface area contributed by atoms with Gasteiger partial charge in [-0.1, -0.05) is 203 Å². The standard InChI is InChI=1S/C105H168O9/c1-70(2)29-25-32-73(7)85-46-49-88-82-43-40-76-67-79(52-58-100(76,10)91(82)55-61-103(85,88)13)112-96(106)37-19-16-22-64-109-94-35-28-36-95(110-65-23-17-20-38-97(107)113-80-53-59-101(11)77(68-80)41-44-83-89-50-47-86(74(8)33-26-30-71(3)4)104(89,14)62-56-92(83)101)99(94)111-66-24-18-21-39-98(108)114-81-54-60-102(12)78(69-81)42-45-84-90-51-48-87(75(9)34-27-31-72(5)6)105(90,15)63-57-93(84)102/h28,35-36,40-42,70-75,79-93H,16-27,29-34,37-39,43-69H2,1-15H3/t73-,74-,75-,79+,80+,81+,82+,83+,84+,85-,86-,87-,88+,89+,90+,91+,92+,93+,100+,101+,102+,103-,104-,105-/m1/s1. The van der Waals surface area contributed by atoms with Crippen molar-refractivity contribution < 1.29 is 42.8 Å². The lowest BCUT2D eigenvalue weighted by Gasteiger charge is -2.58. The van der Waals surface area contributed by atoms with Crippen LogP contribution in [0.3, 0.4) is 0 Å². The van der Waals surface area contributed by atoms with E-state index in [-0.39, 0.29) is 52.5 Å². The molecule has 9 saturated carbocycles. The minimum atomic E-state index is -0.0602. The lowest BCUT2D eigenvalue weighted by molar-refractivity contribution is -0.152. The van der Waals surface area contributed by atoms with Gasteiger partial charge in [0.05, 0.1) is 19.8 Å². The van der Waals surface area contributed by atoms with Crippen molar-refractivity contribution in [2.24, 2.45) is 139 Å². The monoisotopic (exact) mass is 1570 g/mol. The Morgan fingerprint density at radius 2 is 0.649 bits per heavy atom. The number of esters is 3. The Morgan fingerprint density at radius 3 is 0.956 bits per heavy atom. The number of hydrogen-bond donors (Lipinski definition) is 0. The van der Waals surface area contributed by atoms with Crippen LogP contribution < -0.4 is 14.2 Å². The summed E-state index contributed by atoms with van der Waals surface area (Å²) in [6.07, 6.45) is 58.3. The highest BCUT2D eigenvalue weighted by atomic mass is 16.6. The Kier molecular flexibility index (Phi) is 29.8. The number of allylic oxidation sites excluding steroid dienone is 3. The van der Waals surface area contributed by atoms with Crippen LogP contribution in [-0.2, 0) is 28.6 Å². The maximum absolute atomic E-state index is 13.6. The molecule has 9 nitrogen and oxygen atoms in total. The van der Waals surface area contributed by atoms with E-state index >= 15 is 0 Å². The van der Waals surface area contributed by atoms with Crippen LogP contribution in [-0.4, -0.2) is 56.0 Å². The smallest absolute Gasteiger partial charge is 0.306 e. The summed E-state index contributed by atoms with van der Waals surface area (Å²) in [5, 5.41) is 0. The predicted molar refractivity (Wildman–Crippen MR) is 467 cm³/mol. The van der Waals surface area contributed by atoms with Crippen molar-refractivity contribution in [3.63, 3.8) is 0 Å². The van der Waals surface area contributed by atoms with Gasteiger partial charge in [-0.3, -0.25) is 14.4 Å². The molecule has 114 heavy (non-hydrogen) atoms. The van der Waals surface area contributed by atoms with Gasteiger partial charge in [0, 0.05) is 38.5 Å². The molecule has 0 N–H and O–H groups in total. The highest BCUT2D eigenvalue weighted by Gasteiger charge is 2.63. The van der Waals surface area contributed by atoms with Gasteiger partial charge in [-0.2, -0.15) is 0 Å². The zero-order valence-electron chi connectivity index (χ0n) is 75.7. The molecule has 0 saturated heterocycles. The van der Waals surface area contributed by atoms with E-state index in [1.54, 1.807) is 16.7 Å². The van der Waals surface area contributed by atoms with E-state index in [0.29, 0.717) is 72.6 Å². The maximum atomic E-state index is 13.6. The molecule has 12 aliphatic rings.